The van der Waals surface area contributed by atoms with Gasteiger partial charge in [0.1, 0.15) is 0 Å². The molecule has 0 aromatic carbocycles. The van der Waals surface area contributed by atoms with Crippen LogP contribution in [0.15, 0.2) is 18.2 Å². The second-order valence-corrected chi connectivity index (χ2v) is 4.90. The van der Waals surface area contributed by atoms with Gasteiger partial charge in [-0.1, -0.05) is 70.3 Å². The van der Waals surface area contributed by atoms with E-state index < -0.39 is 0 Å². The maximum Gasteiger partial charge on any atom is -0.0348 e. The first kappa shape index (κ1) is 16.5. The van der Waals surface area contributed by atoms with E-state index in [1.54, 1.807) is 6.08 Å². The van der Waals surface area contributed by atoms with Crippen molar-refractivity contribution in [1.82, 2.24) is 0 Å². The van der Waals surface area contributed by atoms with Crippen LogP contribution in [0, 0.1) is 6.58 Å². The first-order valence-electron chi connectivity index (χ1n) is 7.60. The monoisotopic (exact) mass is 235 g/mol. The van der Waals surface area contributed by atoms with E-state index >= 15 is 0 Å². The molecule has 0 aromatic rings. The molecule has 0 heteroatoms. The molecule has 0 saturated heterocycles. The van der Waals surface area contributed by atoms with Crippen molar-refractivity contribution in [2.45, 2.75) is 84.0 Å². The van der Waals surface area contributed by atoms with E-state index in [1.165, 1.54) is 70.6 Å². The molecule has 99 valence electrons. The molecule has 0 atom stereocenters. The van der Waals surface area contributed by atoms with E-state index in [2.05, 4.69) is 19.1 Å². The van der Waals surface area contributed by atoms with Gasteiger partial charge in [-0.05, 0) is 38.5 Å². The Morgan fingerprint density at radius 3 is 1.71 bits per heavy atom. The molecular formula is C17H31. The minimum Gasteiger partial charge on any atom is -0.0885 e. The van der Waals surface area contributed by atoms with Crippen LogP contribution in [0.3, 0.4) is 0 Å². The average Bonchev–Trinajstić information content (AvgIpc) is 2.35. The zero-order valence-electron chi connectivity index (χ0n) is 11.8. The quantitative estimate of drug-likeness (QED) is 0.262. The minimum atomic E-state index is 1.07. The molecule has 0 aliphatic carbocycles. The fourth-order valence-corrected chi connectivity index (χ4v) is 1.98. The highest BCUT2D eigenvalue weighted by molar-refractivity contribution is 4.81. The Kier molecular flexibility index (Phi) is 15.0. The third-order valence-corrected chi connectivity index (χ3v) is 3.13. The van der Waals surface area contributed by atoms with E-state index in [-0.39, 0.29) is 0 Å². The van der Waals surface area contributed by atoms with Crippen LogP contribution in [-0.4, -0.2) is 0 Å². The highest BCUT2D eigenvalue weighted by atomic mass is 13.9. The van der Waals surface area contributed by atoms with Crippen LogP contribution in [-0.2, 0) is 0 Å². The molecular weight excluding hydrogens is 204 g/mol. The predicted molar refractivity (Wildman–Crippen MR) is 79.1 cm³/mol. The van der Waals surface area contributed by atoms with Crippen molar-refractivity contribution in [1.29, 1.82) is 0 Å². The first-order valence-corrected chi connectivity index (χ1v) is 7.60. The van der Waals surface area contributed by atoms with Gasteiger partial charge < -0.3 is 0 Å². The SMILES string of the molecule is [CH]=CCCCCC/C=C/CCCCCCCC. The van der Waals surface area contributed by atoms with E-state index in [4.69, 9.17) is 6.58 Å². The van der Waals surface area contributed by atoms with Gasteiger partial charge in [0.15, 0.2) is 0 Å². The number of allylic oxidation sites excluding steroid dienone is 3. The Bertz CT molecular complexity index is 167. The second-order valence-electron chi connectivity index (χ2n) is 4.90. The van der Waals surface area contributed by atoms with Crippen LogP contribution in [0.4, 0.5) is 0 Å². The molecule has 0 bridgehead atoms. The summed E-state index contributed by atoms with van der Waals surface area (Å²) in [5, 5.41) is 0. The van der Waals surface area contributed by atoms with Gasteiger partial charge in [-0.15, -0.1) is 0 Å². The van der Waals surface area contributed by atoms with E-state index in [9.17, 15) is 0 Å². The molecule has 0 aliphatic heterocycles. The molecule has 0 N–H and O–H groups in total. The average molecular weight is 235 g/mol. The molecule has 0 aliphatic rings. The summed E-state index contributed by atoms with van der Waals surface area (Å²) in [5.41, 5.74) is 0. The van der Waals surface area contributed by atoms with Crippen molar-refractivity contribution in [3.63, 3.8) is 0 Å². The summed E-state index contributed by atoms with van der Waals surface area (Å²) in [5.74, 6) is 0. The third-order valence-electron chi connectivity index (χ3n) is 3.13. The Morgan fingerprint density at radius 2 is 1.12 bits per heavy atom. The summed E-state index contributed by atoms with van der Waals surface area (Å²) in [6.07, 6.45) is 22.4. The smallest absolute Gasteiger partial charge is 0.0348 e. The van der Waals surface area contributed by atoms with Gasteiger partial charge in [-0.25, -0.2) is 0 Å². The topological polar surface area (TPSA) is 0 Å². The van der Waals surface area contributed by atoms with Crippen molar-refractivity contribution in [2.75, 3.05) is 0 Å². The van der Waals surface area contributed by atoms with Crippen molar-refractivity contribution in [3.8, 4) is 0 Å². The Morgan fingerprint density at radius 1 is 0.647 bits per heavy atom. The molecule has 0 amide bonds. The lowest BCUT2D eigenvalue weighted by Gasteiger charge is -1.98. The molecule has 0 fully saturated rings. The zero-order chi connectivity index (χ0) is 12.6. The number of hydrogen-bond donors (Lipinski definition) is 0. The third kappa shape index (κ3) is 15.5. The predicted octanol–water partition coefficient (Wildman–Crippen LogP) is 6.23. The first-order chi connectivity index (χ1) is 8.41. The van der Waals surface area contributed by atoms with Crippen molar-refractivity contribution in [3.05, 3.63) is 24.8 Å². The fraction of sp³-hybridized carbons (Fsp3) is 0.765. The molecule has 17 heavy (non-hydrogen) atoms. The summed E-state index contributed by atoms with van der Waals surface area (Å²) in [4.78, 5) is 0. The summed E-state index contributed by atoms with van der Waals surface area (Å²) in [6.45, 7) is 7.60. The number of hydrogen-bond acceptors (Lipinski definition) is 0. The fourth-order valence-electron chi connectivity index (χ4n) is 1.98. The highest BCUT2D eigenvalue weighted by Crippen LogP contribution is 2.08. The lowest BCUT2D eigenvalue weighted by atomic mass is 10.1. The van der Waals surface area contributed by atoms with Gasteiger partial charge in [-0.3, -0.25) is 0 Å². The van der Waals surface area contributed by atoms with Crippen LogP contribution in [0.2, 0.25) is 0 Å². The van der Waals surface area contributed by atoms with Crippen LogP contribution in [0.5, 0.6) is 0 Å². The van der Waals surface area contributed by atoms with E-state index in [0.29, 0.717) is 0 Å². The van der Waals surface area contributed by atoms with Crippen LogP contribution in [0.1, 0.15) is 84.0 Å². The van der Waals surface area contributed by atoms with Crippen LogP contribution >= 0.6 is 0 Å². The van der Waals surface area contributed by atoms with Gasteiger partial charge in [0.2, 0.25) is 0 Å². The zero-order valence-corrected chi connectivity index (χ0v) is 11.8. The Hall–Kier alpha value is -0.520. The van der Waals surface area contributed by atoms with Gasteiger partial charge in [0.05, 0.1) is 0 Å². The summed E-state index contributed by atoms with van der Waals surface area (Å²) in [7, 11) is 0. The van der Waals surface area contributed by atoms with Crippen LogP contribution in [0.25, 0.3) is 0 Å². The van der Waals surface area contributed by atoms with Gasteiger partial charge in [-0.2, -0.15) is 0 Å². The van der Waals surface area contributed by atoms with E-state index in [0.717, 1.165) is 6.42 Å². The summed E-state index contributed by atoms with van der Waals surface area (Å²) in [6, 6.07) is 0. The van der Waals surface area contributed by atoms with Gasteiger partial charge in [0, 0.05) is 0 Å². The lowest BCUT2D eigenvalue weighted by molar-refractivity contribution is 0.610. The minimum absolute atomic E-state index is 1.07. The molecule has 0 aromatic heterocycles. The molecule has 0 nitrogen and oxygen atoms in total. The number of rotatable bonds is 13. The molecule has 0 spiro atoms. The molecule has 0 rings (SSSR count). The molecule has 0 saturated carbocycles. The largest absolute Gasteiger partial charge is 0.0885 e. The standard InChI is InChI=1S/C17H31/c1-3-5-7-9-11-13-15-17-16-14-12-10-8-6-4-2/h1,3,15,17H,4-14,16H2,2H3/b3-1?,17-15+. The Balaban J connectivity index is 3.01. The highest BCUT2D eigenvalue weighted by Gasteiger charge is 1.88. The van der Waals surface area contributed by atoms with Gasteiger partial charge >= 0.3 is 0 Å². The van der Waals surface area contributed by atoms with Crippen LogP contribution < -0.4 is 0 Å². The van der Waals surface area contributed by atoms with Crippen molar-refractivity contribution in [2.24, 2.45) is 0 Å². The Labute approximate surface area is 109 Å². The molecule has 0 unspecified atom stereocenters. The van der Waals surface area contributed by atoms with Gasteiger partial charge in [0.25, 0.3) is 0 Å². The normalized spacial score (nSPS) is 11.1. The van der Waals surface area contributed by atoms with Crippen molar-refractivity contribution < 1.29 is 0 Å². The maximum absolute atomic E-state index is 5.33. The number of unbranched alkanes of at least 4 members (excludes halogenated alkanes) is 10. The lowest BCUT2D eigenvalue weighted by Crippen LogP contribution is -1.78. The molecule has 1 radical (unpaired) electrons. The maximum atomic E-state index is 5.33. The van der Waals surface area contributed by atoms with Crippen molar-refractivity contribution >= 4 is 0 Å². The van der Waals surface area contributed by atoms with E-state index in [1.807, 2.05) is 0 Å². The second kappa shape index (κ2) is 15.5. The molecule has 0 heterocycles. The summed E-state index contributed by atoms with van der Waals surface area (Å²) < 4.78 is 0. The summed E-state index contributed by atoms with van der Waals surface area (Å²) >= 11 is 0.